The molecular formula is C13H18N2O4. The molecule has 0 spiro atoms. The van der Waals surface area contributed by atoms with E-state index < -0.39 is 12.2 Å². The molecule has 1 aromatic carbocycles. The molecule has 6 heteroatoms. The second kappa shape index (κ2) is 7.25. The summed E-state index contributed by atoms with van der Waals surface area (Å²) >= 11 is 0. The maximum atomic E-state index is 11.5. The second-order valence-corrected chi connectivity index (χ2v) is 4.10. The number of amides is 2. The zero-order valence-electron chi connectivity index (χ0n) is 10.8. The van der Waals surface area contributed by atoms with Crippen molar-refractivity contribution in [2.45, 2.75) is 25.4 Å². The van der Waals surface area contributed by atoms with Crippen LogP contribution in [0.15, 0.2) is 24.3 Å². The van der Waals surface area contributed by atoms with Crippen molar-refractivity contribution in [1.29, 1.82) is 0 Å². The van der Waals surface area contributed by atoms with E-state index in [-0.39, 0.29) is 11.7 Å². The predicted octanol–water partition coefficient (Wildman–Crippen LogP) is 0.925. The summed E-state index contributed by atoms with van der Waals surface area (Å²) in [6.07, 6.45) is -0.0481. The SMILES string of the molecule is CNC(=O)[C@H](CCCc1ccc(O)cc1)OC(N)=O. The molecule has 0 unspecified atom stereocenters. The molecule has 0 heterocycles. The number of benzene rings is 1. The van der Waals surface area contributed by atoms with Crippen LogP contribution in [0.4, 0.5) is 4.79 Å². The summed E-state index contributed by atoms with van der Waals surface area (Å²) in [7, 11) is 1.47. The van der Waals surface area contributed by atoms with Crippen molar-refractivity contribution in [3.05, 3.63) is 29.8 Å². The van der Waals surface area contributed by atoms with Crippen molar-refractivity contribution in [2.75, 3.05) is 7.05 Å². The van der Waals surface area contributed by atoms with Crippen LogP contribution in [0.25, 0.3) is 0 Å². The van der Waals surface area contributed by atoms with Gasteiger partial charge in [-0.15, -0.1) is 0 Å². The van der Waals surface area contributed by atoms with E-state index in [0.717, 1.165) is 12.0 Å². The number of aryl methyl sites for hydroxylation is 1. The van der Waals surface area contributed by atoms with Crippen molar-refractivity contribution >= 4 is 12.0 Å². The molecule has 0 saturated carbocycles. The van der Waals surface area contributed by atoms with E-state index in [2.05, 4.69) is 5.32 Å². The number of aromatic hydroxyl groups is 1. The molecule has 1 rings (SSSR count). The number of primary amides is 1. The third-order valence-corrected chi connectivity index (χ3v) is 2.67. The summed E-state index contributed by atoms with van der Waals surface area (Å²) in [6, 6.07) is 6.81. The molecule has 2 amide bonds. The maximum Gasteiger partial charge on any atom is 0.405 e. The van der Waals surface area contributed by atoms with Gasteiger partial charge in [0.2, 0.25) is 0 Å². The van der Waals surface area contributed by atoms with Gasteiger partial charge < -0.3 is 20.9 Å². The van der Waals surface area contributed by atoms with Gasteiger partial charge in [-0.25, -0.2) is 4.79 Å². The van der Waals surface area contributed by atoms with Crippen LogP contribution >= 0.6 is 0 Å². The van der Waals surface area contributed by atoms with Crippen LogP contribution in [0, 0.1) is 0 Å². The van der Waals surface area contributed by atoms with E-state index in [1.54, 1.807) is 24.3 Å². The fraction of sp³-hybridized carbons (Fsp3) is 0.385. The first-order valence-corrected chi connectivity index (χ1v) is 5.98. The number of hydrogen-bond acceptors (Lipinski definition) is 4. The number of rotatable bonds is 6. The third kappa shape index (κ3) is 5.29. The monoisotopic (exact) mass is 266 g/mol. The van der Waals surface area contributed by atoms with E-state index in [0.29, 0.717) is 12.8 Å². The van der Waals surface area contributed by atoms with E-state index in [1.807, 2.05) is 0 Å². The Hall–Kier alpha value is -2.24. The molecule has 0 radical (unpaired) electrons. The topological polar surface area (TPSA) is 102 Å². The van der Waals surface area contributed by atoms with Crippen LogP contribution in [0.2, 0.25) is 0 Å². The van der Waals surface area contributed by atoms with Crippen molar-refractivity contribution < 1.29 is 19.4 Å². The molecule has 4 N–H and O–H groups in total. The normalized spacial score (nSPS) is 11.6. The van der Waals surface area contributed by atoms with Crippen LogP contribution in [0.3, 0.4) is 0 Å². The molecule has 1 atom stereocenters. The highest BCUT2D eigenvalue weighted by Gasteiger charge is 2.20. The Morgan fingerprint density at radius 1 is 1.37 bits per heavy atom. The van der Waals surface area contributed by atoms with Gasteiger partial charge in [-0.2, -0.15) is 0 Å². The third-order valence-electron chi connectivity index (χ3n) is 2.67. The number of hydrogen-bond donors (Lipinski definition) is 3. The number of ether oxygens (including phenoxy) is 1. The minimum absolute atomic E-state index is 0.212. The standard InChI is InChI=1S/C13H18N2O4/c1-15-12(17)11(19-13(14)18)4-2-3-9-5-7-10(16)8-6-9/h5-8,11,16H,2-4H2,1H3,(H2,14,18)(H,15,17)/t11-/m0/s1. The van der Waals surface area contributed by atoms with Gasteiger partial charge in [-0.1, -0.05) is 12.1 Å². The summed E-state index contributed by atoms with van der Waals surface area (Å²) in [5, 5.41) is 11.6. The van der Waals surface area contributed by atoms with E-state index in [1.165, 1.54) is 7.05 Å². The Balaban J connectivity index is 2.45. The lowest BCUT2D eigenvalue weighted by Gasteiger charge is -2.14. The molecule has 104 valence electrons. The van der Waals surface area contributed by atoms with Crippen LogP contribution in [-0.2, 0) is 16.0 Å². The molecule has 0 fully saturated rings. The Labute approximate surface area is 111 Å². The zero-order chi connectivity index (χ0) is 14.3. The lowest BCUT2D eigenvalue weighted by molar-refractivity contribution is -0.129. The highest BCUT2D eigenvalue weighted by atomic mass is 16.6. The van der Waals surface area contributed by atoms with Gasteiger partial charge >= 0.3 is 6.09 Å². The number of carbonyl (C=O) groups is 2. The predicted molar refractivity (Wildman–Crippen MR) is 69.6 cm³/mol. The number of carbonyl (C=O) groups excluding carboxylic acids is 2. The van der Waals surface area contributed by atoms with Gasteiger partial charge in [0.15, 0.2) is 6.10 Å². The molecule has 19 heavy (non-hydrogen) atoms. The highest BCUT2D eigenvalue weighted by molar-refractivity contribution is 5.82. The van der Waals surface area contributed by atoms with Crippen LogP contribution < -0.4 is 11.1 Å². The van der Waals surface area contributed by atoms with Gasteiger partial charge in [-0.05, 0) is 37.0 Å². The lowest BCUT2D eigenvalue weighted by atomic mass is 10.1. The average Bonchev–Trinajstić information content (AvgIpc) is 2.38. The van der Waals surface area contributed by atoms with Gasteiger partial charge in [0.05, 0.1) is 0 Å². The maximum absolute atomic E-state index is 11.5. The van der Waals surface area contributed by atoms with Gasteiger partial charge in [-0.3, -0.25) is 4.79 Å². The number of likely N-dealkylation sites (N-methyl/N-ethyl adjacent to an activating group) is 1. The van der Waals surface area contributed by atoms with Crippen LogP contribution in [-0.4, -0.2) is 30.3 Å². The quantitative estimate of drug-likeness (QED) is 0.712. The molecule has 0 aliphatic carbocycles. The first-order chi connectivity index (χ1) is 9.02. The highest BCUT2D eigenvalue weighted by Crippen LogP contribution is 2.13. The largest absolute Gasteiger partial charge is 0.508 e. The van der Waals surface area contributed by atoms with Gasteiger partial charge in [0.1, 0.15) is 5.75 Å². The van der Waals surface area contributed by atoms with E-state index >= 15 is 0 Å². The molecule has 0 bridgehead atoms. The smallest absolute Gasteiger partial charge is 0.405 e. The number of nitrogens with one attached hydrogen (secondary N) is 1. The fourth-order valence-corrected chi connectivity index (χ4v) is 1.70. The lowest BCUT2D eigenvalue weighted by Crippen LogP contribution is -2.37. The first-order valence-electron chi connectivity index (χ1n) is 5.98. The minimum atomic E-state index is -0.960. The molecule has 0 saturated heterocycles. The van der Waals surface area contributed by atoms with Crippen LogP contribution in [0.5, 0.6) is 5.75 Å². The second-order valence-electron chi connectivity index (χ2n) is 4.10. The Kier molecular flexibility index (Phi) is 5.66. The summed E-state index contributed by atoms with van der Waals surface area (Å²) in [6.45, 7) is 0. The summed E-state index contributed by atoms with van der Waals surface area (Å²) in [4.78, 5) is 22.2. The van der Waals surface area contributed by atoms with E-state index in [9.17, 15) is 9.59 Å². The average molecular weight is 266 g/mol. The Morgan fingerprint density at radius 3 is 2.53 bits per heavy atom. The Bertz CT molecular complexity index is 431. The van der Waals surface area contributed by atoms with E-state index in [4.69, 9.17) is 15.6 Å². The minimum Gasteiger partial charge on any atom is -0.508 e. The number of phenols is 1. The molecule has 0 aliphatic rings. The fourth-order valence-electron chi connectivity index (χ4n) is 1.70. The molecular weight excluding hydrogens is 248 g/mol. The Morgan fingerprint density at radius 2 is 2.00 bits per heavy atom. The number of nitrogens with two attached hydrogens (primary N) is 1. The summed E-state index contributed by atoms with van der Waals surface area (Å²) < 4.78 is 4.75. The molecule has 0 aromatic heterocycles. The number of phenolic OH excluding ortho intramolecular Hbond substituents is 1. The van der Waals surface area contributed by atoms with Gasteiger partial charge in [0, 0.05) is 7.05 Å². The van der Waals surface area contributed by atoms with Crippen molar-refractivity contribution in [2.24, 2.45) is 5.73 Å². The van der Waals surface area contributed by atoms with Crippen molar-refractivity contribution in [1.82, 2.24) is 5.32 Å². The van der Waals surface area contributed by atoms with Crippen molar-refractivity contribution in [3.8, 4) is 5.75 Å². The van der Waals surface area contributed by atoms with Crippen LogP contribution in [0.1, 0.15) is 18.4 Å². The first kappa shape index (κ1) is 14.8. The molecule has 6 nitrogen and oxygen atoms in total. The summed E-state index contributed by atoms with van der Waals surface area (Å²) in [5.74, 6) is -0.159. The summed E-state index contributed by atoms with van der Waals surface area (Å²) in [5.41, 5.74) is 5.95. The molecule has 0 aliphatic heterocycles. The van der Waals surface area contributed by atoms with Crippen molar-refractivity contribution in [3.63, 3.8) is 0 Å². The molecule has 1 aromatic rings. The zero-order valence-corrected chi connectivity index (χ0v) is 10.8. The van der Waals surface area contributed by atoms with Gasteiger partial charge in [0.25, 0.3) is 5.91 Å².